The van der Waals surface area contributed by atoms with E-state index in [1.165, 1.54) is 0 Å². The molecule has 25 heavy (non-hydrogen) atoms. The van der Waals surface area contributed by atoms with Crippen LogP contribution in [0.2, 0.25) is 0 Å². The summed E-state index contributed by atoms with van der Waals surface area (Å²) in [5.74, 6) is -2.87. The minimum Gasteiger partial charge on any atom is -0.468 e. The van der Waals surface area contributed by atoms with Gasteiger partial charge in [-0.15, -0.1) is 0 Å². The predicted octanol–water partition coefficient (Wildman–Crippen LogP) is 3.04. The largest absolute Gasteiger partial charge is 0.468 e. The van der Waals surface area contributed by atoms with Crippen LogP contribution in [0.3, 0.4) is 0 Å². The number of halogens is 6. The predicted molar refractivity (Wildman–Crippen MR) is 65.6 cm³/mol. The number of carbonyl (C=O) groups excluding carboxylic acids is 1. The Bertz CT molecular complexity index is 715. The summed E-state index contributed by atoms with van der Waals surface area (Å²) in [6.07, 6.45) is -12.8. The number of nitro benzene ring substituents is 2. The third-order valence-electron chi connectivity index (χ3n) is 3.13. The number of hydrogen-bond donors (Lipinski definition) is 0. The van der Waals surface area contributed by atoms with Gasteiger partial charge in [0.05, 0.1) is 28.6 Å². The van der Waals surface area contributed by atoms with Crippen LogP contribution in [0.5, 0.6) is 0 Å². The van der Waals surface area contributed by atoms with Crippen LogP contribution >= 0.6 is 0 Å². The van der Waals surface area contributed by atoms with E-state index in [1.54, 1.807) is 0 Å². The summed E-state index contributed by atoms with van der Waals surface area (Å²) in [5, 5.41) is 21.5. The lowest BCUT2D eigenvalue weighted by molar-refractivity contribution is -0.396. The highest BCUT2D eigenvalue weighted by Crippen LogP contribution is 2.55. The van der Waals surface area contributed by atoms with E-state index in [0.29, 0.717) is 0 Å². The van der Waals surface area contributed by atoms with Crippen molar-refractivity contribution in [2.45, 2.75) is 17.8 Å². The Balaban J connectivity index is 4.06. The van der Waals surface area contributed by atoms with Crippen molar-refractivity contribution in [1.82, 2.24) is 0 Å². The zero-order valence-corrected chi connectivity index (χ0v) is 11.8. The zero-order chi connectivity index (χ0) is 19.8. The summed E-state index contributed by atoms with van der Waals surface area (Å²) in [5.41, 5.74) is -10.6. The van der Waals surface area contributed by atoms with E-state index < -0.39 is 50.5 Å². The van der Waals surface area contributed by atoms with Crippen LogP contribution in [0.15, 0.2) is 18.2 Å². The highest BCUT2D eigenvalue weighted by atomic mass is 19.4. The molecule has 0 saturated carbocycles. The van der Waals surface area contributed by atoms with Gasteiger partial charge in [-0.2, -0.15) is 26.3 Å². The van der Waals surface area contributed by atoms with Crippen molar-refractivity contribution in [3.63, 3.8) is 0 Å². The Morgan fingerprint density at radius 3 is 1.80 bits per heavy atom. The maximum absolute atomic E-state index is 13.3. The molecule has 1 aromatic rings. The second kappa shape index (κ2) is 6.18. The first-order valence-electron chi connectivity index (χ1n) is 5.87. The molecule has 0 saturated heterocycles. The van der Waals surface area contributed by atoms with E-state index >= 15 is 0 Å². The molecule has 1 aromatic carbocycles. The van der Waals surface area contributed by atoms with Crippen molar-refractivity contribution in [1.29, 1.82) is 0 Å². The Hall–Kier alpha value is -2.93. The SMILES string of the molecule is COC(=O)C(c1ccc([N+](=O)[O-])cc1[N+](=O)[O-])(C(F)(F)F)C(F)(F)F. The van der Waals surface area contributed by atoms with Crippen molar-refractivity contribution < 1.29 is 45.7 Å². The lowest BCUT2D eigenvalue weighted by Gasteiger charge is -2.34. The highest BCUT2D eigenvalue weighted by Gasteiger charge is 2.79. The summed E-state index contributed by atoms with van der Waals surface area (Å²) in [7, 11) is 0.228. The van der Waals surface area contributed by atoms with Gasteiger partial charge in [0.15, 0.2) is 0 Å². The fraction of sp³-hybridized carbons (Fsp3) is 0.364. The molecule has 0 fully saturated rings. The molecule has 138 valence electrons. The molecule has 0 N–H and O–H groups in total. The number of rotatable bonds is 4. The van der Waals surface area contributed by atoms with Gasteiger partial charge < -0.3 is 4.74 Å². The van der Waals surface area contributed by atoms with Crippen molar-refractivity contribution in [3.05, 3.63) is 44.0 Å². The minimum atomic E-state index is -6.39. The van der Waals surface area contributed by atoms with E-state index in [4.69, 9.17) is 0 Å². The molecule has 0 aliphatic rings. The number of alkyl halides is 6. The maximum Gasteiger partial charge on any atom is 0.418 e. The molecular weight excluding hydrogens is 370 g/mol. The van der Waals surface area contributed by atoms with Gasteiger partial charge in [-0.05, 0) is 6.07 Å². The van der Waals surface area contributed by atoms with Gasteiger partial charge >= 0.3 is 18.3 Å². The molecule has 0 radical (unpaired) electrons. The topological polar surface area (TPSA) is 113 Å². The third-order valence-corrected chi connectivity index (χ3v) is 3.13. The number of non-ortho nitro benzene ring substituents is 1. The molecule has 0 atom stereocenters. The summed E-state index contributed by atoms with van der Waals surface area (Å²) in [4.78, 5) is 30.0. The van der Waals surface area contributed by atoms with Gasteiger partial charge in [0.25, 0.3) is 16.8 Å². The van der Waals surface area contributed by atoms with E-state index in [1.807, 2.05) is 0 Å². The van der Waals surface area contributed by atoms with Crippen LogP contribution in [0.25, 0.3) is 0 Å². The van der Waals surface area contributed by atoms with E-state index in [0.717, 1.165) is 0 Å². The maximum atomic E-state index is 13.3. The van der Waals surface area contributed by atoms with Crippen LogP contribution in [0.4, 0.5) is 37.7 Å². The number of esters is 1. The molecule has 0 aromatic heterocycles. The Kier molecular flexibility index (Phi) is 4.97. The average molecular weight is 376 g/mol. The molecule has 14 heteroatoms. The molecule has 0 heterocycles. The first kappa shape index (κ1) is 20.1. The number of nitrogens with zero attached hydrogens (tertiary/aromatic N) is 2. The van der Waals surface area contributed by atoms with Crippen molar-refractivity contribution in [3.8, 4) is 0 Å². The van der Waals surface area contributed by atoms with E-state index in [-0.39, 0.29) is 25.3 Å². The van der Waals surface area contributed by atoms with Crippen LogP contribution in [-0.4, -0.2) is 35.3 Å². The van der Waals surface area contributed by atoms with Crippen LogP contribution < -0.4 is 0 Å². The second-order valence-electron chi connectivity index (χ2n) is 4.45. The van der Waals surface area contributed by atoms with Gasteiger partial charge in [-0.1, -0.05) is 0 Å². The van der Waals surface area contributed by atoms with Gasteiger partial charge in [-0.25, -0.2) is 0 Å². The van der Waals surface area contributed by atoms with Crippen molar-refractivity contribution in [2.24, 2.45) is 0 Å². The molecule has 0 aliphatic heterocycles. The molecule has 0 aliphatic carbocycles. The summed E-state index contributed by atoms with van der Waals surface area (Å²) >= 11 is 0. The highest BCUT2D eigenvalue weighted by molar-refractivity contribution is 5.87. The first-order chi connectivity index (χ1) is 11.2. The number of ether oxygens (including phenoxy) is 1. The Morgan fingerprint density at radius 1 is 1.00 bits per heavy atom. The van der Waals surface area contributed by atoms with E-state index in [2.05, 4.69) is 4.74 Å². The van der Waals surface area contributed by atoms with Crippen LogP contribution in [0.1, 0.15) is 5.56 Å². The monoisotopic (exact) mass is 376 g/mol. The van der Waals surface area contributed by atoms with Crippen molar-refractivity contribution in [2.75, 3.05) is 7.11 Å². The Labute approximate surface area is 133 Å². The molecule has 1 rings (SSSR count). The number of carbonyl (C=O) groups is 1. The number of hydrogen-bond acceptors (Lipinski definition) is 6. The standard InChI is InChI=1S/C11H6F6N2O6/c1-25-8(20)9(10(12,13)14,11(15,16)17)6-3-2-5(18(21)22)4-7(6)19(23)24/h2-4H,1H3. The Morgan fingerprint density at radius 2 is 1.48 bits per heavy atom. The van der Waals surface area contributed by atoms with Crippen LogP contribution in [-0.2, 0) is 14.9 Å². The normalized spacial score (nSPS) is 12.6. The molecular formula is C11H6F6N2O6. The number of nitro groups is 2. The fourth-order valence-corrected chi connectivity index (χ4v) is 2.06. The van der Waals surface area contributed by atoms with Gasteiger partial charge in [-0.3, -0.25) is 25.0 Å². The summed E-state index contributed by atoms with van der Waals surface area (Å²) in [6.45, 7) is 0. The molecule has 0 unspecified atom stereocenters. The third kappa shape index (κ3) is 3.06. The van der Waals surface area contributed by atoms with Gasteiger partial charge in [0.2, 0.25) is 0 Å². The lowest BCUT2D eigenvalue weighted by Crippen LogP contribution is -2.60. The molecule has 0 spiro atoms. The first-order valence-corrected chi connectivity index (χ1v) is 5.87. The summed E-state index contributed by atoms with van der Waals surface area (Å²) < 4.78 is 83.5. The molecule has 8 nitrogen and oxygen atoms in total. The van der Waals surface area contributed by atoms with Crippen molar-refractivity contribution >= 4 is 17.3 Å². The number of benzene rings is 1. The zero-order valence-electron chi connectivity index (χ0n) is 11.8. The fourth-order valence-electron chi connectivity index (χ4n) is 2.06. The smallest absolute Gasteiger partial charge is 0.418 e. The van der Waals surface area contributed by atoms with Crippen LogP contribution in [0, 0.1) is 20.2 Å². The van der Waals surface area contributed by atoms with Gasteiger partial charge in [0, 0.05) is 6.07 Å². The van der Waals surface area contributed by atoms with Gasteiger partial charge in [0.1, 0.15) is 0 Å². The quantitative estimate of drug-likeness (QED) is 0.346. The number of methoxy groups -OCH3 is 1. The lowest BCUT2D eigenvalue weighted by atomic mass is 9.77. The molecule has 0 amide bonds. The summed E-state index contributed by atoms with van der Waals surface area (Å²) in [6, 6.07) is -0.0732. The average Bonchev–Trinajstić information content (AvgIpc) is 2.44. The second-order valence-corrected chi connectivity index (χ2v) is 4.45. The van der Waals surface area contributed by atoms with E-state index in [9.17, 15) is 51.4 Å². The minimum absolute atomic E-state index is 0.107. The molecule has 0 bridgehead atoms.